The fourth-order valence-electron chi connectivity index (χ4n) is 5.77. The number of hydrogen-bond donors (Lipinski definition) is 1. The highest BCUT2D eigenvalue weighted by atomic mass is 19.1. The Balaban J connectivity index is 1.42. The zero-order valence-electron chi connectivity index (χ0n) is 23.0. The molecule has 4 nitrogen and oxygen atoms in total. The number of methoxy groups -OCH3 is 1. The van der Waals surface area contributed by atoms with Crippen LogP contribution in [0.1, 0.15) is 75.0 Å². The van der Waals surface area contributed by atoms with Crippen molar-refractivity contribution >= 4 is 11.5 Å². The second kappa shape index (κ2) is 11.3. The Morgan fingerprint density at radius 2 is 1.85 bits per heavy atom. The van der Waals surface area contributed by atoms with Gasteiger partial charge in [-0.1, -0.05) is 57.0 Å². The topological polar surface area (TPSA) is 55.8 Å². The number of carbonyl (C=O) groups is 1. The summed E-state index contributed by atoms with van der Waals surface area (Å²) in [4.78, 5) is 11.5. The van der Waals surface area contributed by atoms with Gasteiger partial charge in [0.2, 0.25) is 0 Å². The third-order valence-electron chi connectivity index (χ3n) is 8.16. The van der Waals surface area contributed by atoms with Gasteiger partial charge in [0.05, 0.1) is 13.5 Å². The smallest absolute Gasteiger partial charge is 0.303 e. The van der Waals surface area contributed by atoms with Crippen molar-refractivity contribution in [2.24, 2.45) is 11.3 Å². The molecule has 3 aromatic rings. The summed E-state index contributed by atoms with van der Waals surface area (Å²) < 4.78 is 26.7. The first-order chi connectivity index (χ1) is 18.7. The van der Waals surface area contributed by atoms with Crippen LogP contribution < -0.4 is 9.47 Å². The van der Waals surface area contributed by atoms with E-state index >= 15 is 4.39 Å². The third kappa shape index (κ3) is 6.35. The van der Waals surface area contributed by atoms with Gasteiger partial charge in [-0.25, -0.2) is 4.39 Å². The van der Waals surface area contributed by atoms with Crippen LogP contribution in [0, 0.1) is 17.2 Å². The summed E-state index contributed by atoms with van der Waals surface area (Å²) in [5.74, 6) is 0.932. The number of hydrogen-bond acceptors (Lipinski definition) is 3. The van der Waals surface area contributed by atoms with Gasteiger partial charge in [0.25, 0.3) is 0 Å². The van der Waals surface area contributed by atoms with E-state index in [2.05, 4.69) is 26.0 Å². The highest BCUT2D eigenvalue weighted by Crippen LogP contribution is 2.47. The van der Waals surface area contributed by atoms with E-state index in [0.29, 0.717) is 23.8 Å². The lowest BCUT2D eigenvalue weighted by molar-refractivity contribution is -0.137. The molecule has 2 aliphatic rings. The quantitative estimate of drug-likeness (QED) is 0.271. The molecule has 39 heavy (non-hydrogen) atoms. The lowest BCUT2D eigenvalue weighted by Gasteiger charge is -2.25. The number of halogens is 1. The molecule has 1 saturated carbocycles. The largest absolute Gasteiger partial charge is 0.497 e. The van der Waals surface area contributed by atoms with Gasteiger partial charge in [-0.05, 0) is 101 Å². The van der Waals surface area contributed by atoms with Crippen molar-refractivity contribution in [2.45, 2.75) is 64.9 Å². The lowest BCUT2D eigenvalue weighted by Crippen LogP contribution is -2.10. The predicted octanol–water partition coefficient (Wildman–Crippen LogP) is 8.64. The highest BCUT2D eigenvalue weighted by molar-refractivity contribution is 5.85. The van der Waals surface area contributed by atoms with Gasteiger partial charge in [0.15, 0.2) is 0 Å². The van der Waals surface area contributed by atoms with Crippen LogP contribution in [0.3, 0.4) is 0 Å². The zero-order chi connectivity index (χ0) is 27.6. The maximum absolute atomic E-state index is 15.0. The SMILES string of the molecule is COc1ccc(F)c(-c2ccc(COc3cccc([C@H](CC(=O)O)CC4CC4)c3)cc2C2=CCCC2(C)C)c1. The van der Waals surface area contributed by atoms with E-state index in [1.165, 1.54) is 24.5 Å². The van der Waals surface area contributed by atoms with E-state index < -0.39 is 5.97 Å². The van der Waals surface area contributed by atoms with Crippen LogP contribution in [-0.2, 0) is 11.4 Å². The molecular formula is C34H37FO4. The zero-order valence-corrected chi connectivity index (χ0v) is 23.0. The normalized spacial score (nSPS) is 17.0. The Morgan fingerprint density at radius 1 is 1.03 bits per heavy atom. The maximum Gasteiger partial charge on any atom is 0.303 e. The van der Waals surface area contributed by atoms with Crippen LogP contribution in [0.2, 0.25) is 0 Å². The van der Waals surface area contributed by atoms with Gasteiger partial charge >= 0.3 is 5.97 Å². The number of allylic oxidation sites excluding steroid dienone is 2. The molecule has 2 aliphatic carbocycles. The molecule has 0 heterocycles. The molecule has 0 bridgehead atoms. The summed E-state index contributed by atoms with van der Waals surface area (Å²) >= 11 is 0. The molecule has 1 N–H and O–H groups in total. The minimum atomic E-state index is -0.767. The second-order valence-electron chi connectivity index (χ2n) is 11.6. The van der Waals surface area contributed by atoms with Gasteiger partial charge in [-0.2, -0.15) is 0 Å². The number of aliphatic carboxylic acids is 1. The number of carboxylic acid groups (broad SMARTS) is 1. The third-order valence-corrected chi connectivity index (χ3v) is 8.16. The van der Waals surface area contributed by atoms with E-state index in [4.69, 9.17) is 9.47 Å². The predicted molar refractivity (Wildman–Crippen MR) is 152 cm³/mol. The molecular weight excluding hydrogens is 491 g/mol. The van der Waals surface area contributed by atoms with E-state index in [0.717, 1.165) is 47.3 Å². The lowest BCUT2D eigenvalue weighted by atomic mass is 9.79. The fraction of sp³-hybridized carbons (Fsp3) is 0.382. The van der Waals surface area contributed by atoms with Crippen LogP contribution in [-0.4, -0.2) is 18.2 Å². The fourth-order valence-corrected chi connectivity index (χ4v) is 5.77. The molecule has 1 atom stereocenters. The van der Waals surface area contributed by atoms with E-state index in [1.54, 1.807) is 19.2 Å². The van der Waals surface area contributed by atoms with Crippen molar-refractivity contribution in [2.75, 3.05) is 7.11 Å². The van der Waals surface area contributed by atoms with Gasteiger partial charge in [0, 0.05) is 5.56 Å². The molecule has 3 aromatic carbocycles. The highest BCUT2D eigenvalue weighted by Gasteiger charge is 2.31. The van der Waals surface area contributed by atoms with Crippen LogP contribution in [0.5, 0.6) is 11.5 Å². The average molecular weight is 529 g/mol. The number of ether oxygens (including phenoxy) is 2. The van der Waals surface area contributed by atoms with Crippen molar-refractivity contribution in [1.29, 1.82) is 0 Å². The Kier molecular flexibility index (Phi) is 7.79. The average Bonchev–Trinajstić information content (AvgIpc) is 3.66. The van der Waals surface area contributed by atoms with Crippen molar-refractivity contribution in [3.63, 3.8) is 0 Å². The van der Waals surface area contributed by atoms with Crippen molar-refractivity contribution in [3.8, 4) is 22.6 Å². The molecule has 0 amide bonds. The summed E-state index contributed by atoms with van der Waals surface area (Å²) in [7, 11) is 1.59. The Bertz CT molecular complexity index is 1390. The van der Waals surface area contributed by atoms with Gasteiger partial charge < -0.3 is 14.6 Å². The second-order valence-corrected chi connectivity index (χ2v) is 11.6. The number of carboxylic acids is 1. The maximum atomic E-state index is 15.0. The Morgan fingerprint density at radius 3 is 2.54 bits per heavy atom. The van der Waals surface area contributed by atoms with Crippen LogP contribution in [0.15, 0.2) is 66.7 Å². The molecule has 0 saturated heterocycles. The molecule has 204 valence electrons. The monoisotopic (exact) mass is 528 g/mol. The minimum Gasteiger partial charge on any atom is -0.497 e. The number of rotatable bonds is 11. The van der Waals surface area contributed by atoms with Crippen molar-refractivity contribution < 1.29 is 23.8 Å². The number of benzene rings is 3. The minimum absolute atomic E-state index is 0.00117. The van der Waals surface area contributed by atoms with Gasteiger partial charge in [-0.15, -0.1) is 0 Å². The van der Waals surface area contributed by atoms with E-state index in [-0.39, 0.29) is 23.6 Å². The molecule has 5 heteroatoms. The van der Waals surface area contributed by atoms with Crippen molar-refractivity contribution in [3.05, 3.63) is 89.2 Å². The molecule has 0 unspecified atom stereocenters. The van der Waals surface area contributed by atoms with Gasteiger partial charge in [-0.3, -0.25) is 4.79 Å². The molecule has 0 aromatic heterocycles. The van der Waals surface area contributed by atoms with Crippen molar-refractivity contribution in [1.82, 2.24) is 0 Å². The van der Waals surface area contributed by atoms with Crippen LogP contribution in [0.4, 0.5) is 4.39 Å². The molecule has 1 fully saturated rings. The van der Waals surface area contributed by atoms with Crippen LogP contribution >= 0.6 is 0 Å². The first kappa shape index (κ1) is 27.0. The van der Waals surface area contributed by atoms with E-state index in [1.807, 2.05) is 36.4 Å². The summed E-state index contributed by atoms with van der Waals surface area (Å²) in [6, 6.07) is 18.8. The first-order valence-corrected chi connectivity index (χ1v) is 13.9. The Hall–Kier alpha value is -3.60. The summed E-state index contributed by atoms with van der Waals surface area (Å²) in [6.45, 7) is 4.83. The van der Waals surface area contributed by atoms with E-state index in [9.17, 15) is 9.90 Å². The summed E-state index contributed by atoms with van der Waals surface area (Å²) in [5, 5.41) is 9.44. The summed E-state index contributed by atoms with van der Waals surface area (Å²) in [5.41, 5.74) is 5.60. The molecule has 0 spiro atoms. The van der Waals surface area contributed by atoms with Crippen LogP contribution in [0.25, 0.3) is 16.7 Å². The first-order valence-electron chi connectivity index (χ1n) is 13.9. The molecule has 0 radical (unpaired) electrons. The standard InChI is InChI=1S/C34H37FO4/c1-34(2)15-5-8-31(34)29-17-23(11-13-28(29)30-20-26(38-3)12-14-32(30)35)21-39-27-7-4-6-24(18-27)25(19-33(36)37)16-22-9-10-22/h4,6-8,11-14,17-18,20,22,25H,5,9-10,15-16,19,21H2,1-3H3,(H,36,37)/t25-/m0/s1. The van der Waals surface area contributed by atoms with Gasteiger partial charge in [0.1, 0.15) is 23.9 Å². The Labute approximate surface area is 230 Å². The summed E-state index contributed by atoms with van der Waals surface area (Å²) in [6.07, 6.45) is 7.74. The molecule has 0 aliphatic heterocycles. The molecule has 5 rings (SSSR count).